The Bertz CT molecular complexity index is 961. The first-order valence-corrected chi connectivity index (χ1v) is 14.1. The highest BCUT2D eigenvalue weighted by Crippen LogP contribution is 2.22. The first-order valence-electron chi connectivity index (χ1n) is 10.2. The van der Waals surface area contributed by atoms with Crippen LogP contribution < -0.4 is 5.32 Å². The lowest BCUT2D eigenvalue weighted by molar-refractivity contribution is -0.125. The molecule has 2 aromatic carbocycles. The van der Waals surface area contributed by atoms with Gasteiger partial charge in [-0.05, 0) is 48.2 Å². The Morgan fingerprint density at radius 3 is 2.32 bits per heavy atom. The zero-order valence-corrected chi connectivity index (χ0v) is 21.1. The molecule has 31 heavy (non-hydrogen) atoms. The average Bonchev–Trinajstić information content (AvgIpc) is 2.76. The van der Waals surface area contributed by atoms with Crippen molar-refractivity contribution < 1.29 is 13.2 Å². The Kier molecular flexibility index (Phi) is 9.28. The second-order valence-corrected chi connectivity index (χ2v) is 12.0. The smallest absolute Gasteiger partial charge is 0.223 e. The second-order valence-electron chi connectivity index (χ2n) is 7.53. The molecular formula is C22H26BrClN2O3S2. The molecule has 2 aromatic rings. The molecule has 0 radical (unpaired) electrons. The van der Waals surface area contributed by atoms with Crippen LogP contribution in [0, 0.1) is 5.92 Å². The molecule has 1 heterocycles. The quantitative estimate of drug-likeness (QED) is 0.464. The first kappa shape index (κ1) is 24.6. The molecule has 168 valence electrons. The van der Waals surface area contributed by atoms with Gasteiger partial charge in [-0.25, -0.2) is 12.7 Å². The van der Waals surface area contributed by atoms with Crippen LogP contribution in [0.4, 0.5) is 0 Å². The minimum atomic E-state index is -3.38. The molecule has 0 spiro atoms. The average molecular weight is 546 g/mol. The van der Waals surface area contributed by atoms with Crippen LogP contribution in [-0.4, -0.2) is 44.0 Å². The van der Waals surface area contributed by atoms with Gasteiger partial charge in [-0.2, -0.15) is 11.8 Å². The normalized spacial score (nSPS) is 15.7. The van der Waals surface area contributed by atoms with Gasteiger partial charge in [-0.15, -0.1) is 0 Å². The van der Waals surface area contributed by atoms with Gasteiger partial charge in [0.15, 0.2) is 0 Å². The lowest BCUT2D eigenvalue weighted by Gasteiger charge is -2.30. The monoisotopic (exact) mass is 544 g/mol. The first-order chi connectivity index (χ1) is 14.8. The Balaban J connectivity index is 1.36. The van der Waals surface area contributed by atoms with E-state index >= 15 is 0 Å². The van der Waals surface area contributed by atoms with Gasteiger partial charge in [-0.1, -0.05) is 51.8 Å². The number of nitrogens with zero attached hydrogens (tertiary/aromatic N) is 1. The molecule has 3 rings (SSSR count). The van der Waals surface area contributed by atoms with Crippen molar-refractivity contribution in [1.82, 2.24) is 9.62 Å². The molecule has 0 saturated carbocycles. The van der Waals surface area contributed by atoms with E-state index in [1.807, 2.05) is 48.5 Å². The van der Waals surface area contributed by atoms with E-state index in [4.69, 9.17) is 11.6 Å². The summed E-state index contributed by atoms with van der Waals surface area (Å²) in [6.45, 7) is 1.39. The number of hydrogen-bond donors (Lipinski definition) is 1. The van der Waals surface area contributed by atoms with Crippen molar-refractivity contribution in [3.63, 3.8) is 0 Å². The van der Waals surface area contributed by atoms with Crippen LogP contribution in [-0.2, 0) is 26.3 Å². The molecule has 1 fully saturated rings. The van der Waals surface area contributed by atoms with E-state index in [9.17, 15) is 13.2 Å². The number of halogens is 2. The topological polar surface area (TPSA) is 66.5 Å². The molecule has 0 atom stereocenters. The second kappa shape index (κ2) is 11.7. The maximum atomic E-state index is 12.7. The van der Waals surface area contributed by atoms with E-state index in [0.29, 0.717) is 32.5 Å². The molecule has 1 N–H and O–H groups in total. The minimum absolute atomic E-state index is 0.0119. The minimum Gasteiger partial charge on any atom is -0.355 e. The number of sulfonamides is 1. The maximum absolute atomic E-state index is 12.7. The highest BCUT2D eigenvalue weighted by Gasteiger charge is 2.31. The van der Waals surface area contributed by atoms with Gasteiger partial charge in [0.25, 0.3) is 0 Å². The van der Waals surface area contributed by atoms with Gasteiger partial charge in [-0.3, -0.25) is 4.79 Å². The van der Waals surface area contributed by atoms with Gasteiger partial charge >= 0.3 is 0 Å². The third-order valence-corrected chi connectivity index (χ3v) is 8.87. The summed E-state index contributed by atoms with van der Waals surface area (Å²) in [5.41, 5.74) is 1.97. The standard InChI is InChI=1S/C22H26BrClN2O3S2/c23-20-5-1-18(2-6-20)16-31(28,29)26-12-9-19(10-13-26)22(27)25-11-14-30-15-17-3-7-21(24)8-4-17/h1-8,19H,9-16H2,(H,25,27). The lowest BCUT2D eigenvalue weighted by atomic mass is 9.97. The van der Waals surface area contributed by atoms with E-state index in [-0.39, 0.29) is 17.6 Å². The van der Waals surface area contributed by atoms with E-state index in [0.717, 1.165) is 26.6 Å². The summed E-state index contributed by atoms with van der Waals surface area (Å²) in [5.74, 6) is 1.59. The van der Waals surface area contributed by atoms with E-state index in [2.05, 4.69) is 21.2 Å². The molecule has 5 nitrogen and oxygen atoms in total. The fraction of sp³-hybridized carbons (Fsp3) is 0.409. The fourth-order valence-corrected chi connectivity index (χ4v) is 6.21. The van der Waals surface area contributed by atoms with Crippen molar-refractivity contribution in [2.75, 3.05) is 25.4 Å². The van der Waals surface area contributed by atoms with E-state index in [1.165, 1.54) is 9.87 Å². The van der Waals surface area contributed by atoms with Crippen LogP contribution in [0.3, 0.4) is 0 Å². The summed E-state index contributed by atoms with van der Waals surface area (Å²) < 4.78 is 27.8. The Morgan fingerprint density at radius 1 is 1.06 bits per heavy atom. The fourth-order valence-electron chi connectivity index (χ4n) is 3.44. The number of amides is 1. The molecule has 0 bridgehead atoms. The number of nitrogens with one attached hydrogen (secondary N) is 1. The summed E-state index contributed by atoms with van der Waals surface area (Å²) in [6, 6.07) is 15.1. The third-order valence-electron chi connectivity index (χ3n) is 5.21. The van der Waals surface area contributed by atoms with Crippen molar-refractivity contribution in [2.24, 2.45) is 5.92 Å². The molecule has 1 aliphatic heterocycles. The van der Waals surface area contributed by atoms with E-state index < -0.39 is 10.0 Å². The predicted octanol–water partition coefficient (Wildman–Crippen LogP) is 4.69. The number of hydrogen-bond acceptors (Lipinski definition) is 4. The van der Waals surface area contributed by atoms with E-state index in [1.54, 1.807) is 11.8 Å². The Hall–Kier alpha value is -1.06. The number of rotatable bonds is 9. The number of carbonyl (C=O) groups excluding carboxylic acids is 1. The SMILES string of the molecule is O=C(NCCSCc1ccc(Cl)cc1)C1CCN(S(=O)(=O)Cc2ccc(Br)cc2)CC1. The van der Waals surface area contributed by atoms with Crippen molar-refractivity contribution in [1.29, 1.82) is 0 Å². The summed E-state index contributed by atoms with van der Waals surface area (Å²) in [6.07, 6.45) is 1.12. The summed E-state index contributed by atoms with van der Waals surface area (Å²) in [4.78, 5) is 12.4. The summed E-state index contributed by atoms with van der Waals surface area (Å²) >= 11 is 11.0. The van der Waals surface area contributed by atoms with Crippen LogP contribution in [0.5, 0.6) is 0 Å². The zero-order chi connectivity index (χ0) is 22.3. The molecule has 0 aromatic heterocycles. The molecule has 9 heteroatoms. The third kappa shape index (κ3) is 7.79. The zero-order valence-electron chi connectivity index (χ0n) is 17.1. The maximum Gasteiger partial charge on any atom is 0.223 e. The van der Waals surface area contributed by atoms with Crippen molar-refractivity contribution >= 4 is 55.2 Å². The molecule has 1 amide bonds. The van der Waals surface area contributed by atoms with Gasteiger partial charge in [0.05, 0.1) is 5.75 Å². The van der Waals surface area contributed by atoms with Crippen LogP contribution in [0.1, 0.15) is 24.0 Å². The summed E-state index contributed by atoms with van der Waals surface area (Å²) in [5, 5.41) is 3.72. The molecule has 1 saturated heterocycles. The van der Waals surface area contributed by atoms with Crippen LogP contribution in [0.25, 0.3) is 0 Å². The van der Waals surface area contributed by atoms with Gasteiger partial charge in [0.1, 0.15) is 0 Å². The molecule has 1 aliphatic rings. The predicted molar refractivity (Wildman–Crippen MR) is 132 cm³/mol. The van der Waals surface area contributed by atoms with Crippen LogP contribution in [0.2, 0.25) is 5.02 Å². The largest absolute Gasteiger partial charge is 0.355 e. The lowest BCUT2D eigenvalue weighted by Crippen LogP contribution is -2.43. The van der Waals surface area contributed by atoms with Crippen LogP contribution in [0.15, 0.2) is 53.0 Å². The molecular weight excluding hydrogens is 520 g/mol. The number of piperidine rings is 1. The van der Waals surface area contributed by atoms with Gasteiger partial charge in [0.2, 0.25) is 15.9 Å². The van der Waals surface area contributed by atoms with Gasteiger partial charge < -0.3 is 5.32 Å². The number of thioether (sulfide) groups is 1. The molecule has 0 unspecified atom stereocenters. The van der Waals surface area contributed by atoms with Crippen molar-refractivity contribution in [3.05, 3.63) is 69.2 Å². The van der Waals surface area contributed by atoms with Crippen molar-refractivity contribution in [3.8, 4) is 0 Å². The molecule has 0 aliphatic carbocycles. The Labute approximate surface area is 202 Å². The highest BCUT2D eigenvalue weighted by molar-refractivity contribution is 9.10. The number of carbonyl (C=O) groups is 1. The highest BCUT2D eigenvalue weighted by atomic mass is 79.9. The number of benzene rings is 2. The van der Waals surface area contributed by atoms with Crippen molar-refractivity contribution in [2.45, 2.75) is 24.3 Å². The van der Waals surface area contributed by atoms with Gasteiger partial charge in [0, 0.05) is 46.6 Å². The Morgan fingerprint density at radius 2 is 1.68 bits per heavy atom. The summed E-state index contributed by atoms with van der Waals surface area (Å²) in [7, 11) is -3.38. The van der Waals surface area contributed by atoms with Crippen LogP contribution >= 0.6 is 39.3 Å².